The van der Waals surface area contributed by atoms with Crippen molar-refractivity contribution >= 4 is 11.9 Å². The number of aliphatic carboxylic acids is 1. The second kappa shape index (κ2) is 17.3. The molecule has 0 aromatic heterocycles. The van der Waals surface area contributed by atoms with Gasteiger partial charge in [-0.25, -0.2) is 0 Å². The second-order valence-corrected chi connectivity index (χ2v) is 11.7. The Morgan fingerprint density at radius 2 is 1.58 bits per heavy atom. The average Bonchev–Trinajstić information content (AvgIpc) is 2.78. The summed E-state index contributed by atoms with van der Waals surface area (Å²) in [5.41, 5.74) is 17.9. The first-order valence-electron chi connectivity index (χ1n) is 14.3. The maximum absolute atomic E-state index is 12.5. The van der Waals surface area contributed by atoms with Gasteiger partial charge < -0.3 is 38.3 Å². The second-order valence-electron chi connectivity index (χ2n) is 11.7. The molecule has 212 valence electrons. The molecule has 1 aliphatic rings. The van der Waals surface area contributed by atoms with Gasteiger partial charge in [-0.05, 0) is 69.4 Å². The number of carboxylic acids is 1. The molecule has 0 aliphatic carbocycles. The Balaban J connectivity index is 2.73. The van der Waals surface area contributed by atoms with Gasteiger partial charge in [0.25, 0.3) is 0 Å². The number of rotatable bonds is 6. The molecule has 1 aliphatic heterocycles. The zero-order valence-corrected chi connectivity index (χ0v) is 23.2. The molecule has 0 bridgehead atoms. The largest absolute Gasteiger partial charge is 0.481 e. The predicted octanol–water partition coefficient (Wildman–Crippen LogP) is 2.63. The quantitative estimate of drug-likeness (QED) is 0.266. The van der Waals surface area contributed by atoms with Crippen LogP contribution in [0.15, 0.2) is 0 Å². The Bertz CT molecular complexity index is 633. The van der Waals surface area contributed by atoms with Crippen molar-refractivity contribution in [1.29, 1.82) is 0 Å². The van der Waals surface area contributed by atoms with E-state index >= 15 is 0 Å². The van der Waals surface area contributed by atoms with Crippen LogP contribution < -0.4 is 33.2 Å². The van der Waals surface area contributed by atoms with Crippen molar-refractivity contribution in [3.63, 3.8) is 0 Å². The molecule has 2 unspecified atom stereocenters. The Kier molecular flexibility index (Phi) is 15.7. The summed E-state index contributed by atoms with van der Waals surface area (Å²) in [6.45, 7) is 9.35. The Morgan fingerprint density at radius 3 is 2.25 bits per heavy atom. The molecular formula is C27H56N6O3. The molecule has 4 atom stereocenters. The van der Waals surface area contributed by atoms with Crippen LogP contribution in [0, 0.1) is 17.8 Å². The maximum Gasteiger partial charge on any atom is 0.303 e. The highest BCUT2D eigenvalue weighted by atomic mass is 16.4. The van der Waals surface area contributed by atoms with Gasteiger partial charge in [0.05, 0.1) is 5.66 Å². The van der Waals surface area contributed by atoms with Crippen LogP contribution in [-0.4, -0.2) is 54.5 Å². The predicted molar refractivity (Wildman–Crippen MR) is 147 cm³/mol. The van der Waals surface area contributed by atoms with E-state index in [1.807, 2.05) is 0 Å². The molecule has 0 aromatic carbocycles. The van der Waals surface area contributed by atoms with Crippen LogP contribution in [0.5, 0.6) is 0 Å². The molecule has 1 saturated heterocycles. The number of amides is 1. The van der Waals surface area contributed by atoms with Crippen molar-refractivity contribution in [3.05, 3.63) is 0 Å². The van der Waals surface area contributed by atoms with Gasteiger partial charge in [-0.1, -0.05) is 52.9 Å². The van der Waals surface area contributed by atoms with Gasteiger partial charge in [0.1, 0.15) is 5.66 Å². The van der Waals surface area contributed by atoms with Crippen molar-refractivity contribution < 1.29 is 14.7 Å². The third kappa shape index (κ3) is 15.8. The number of carbonyl (C=O) groups is 2. The number of nitrogens with one attached hydrogen (secondary N) is 3. The van der Waals surface area contributed by atoms with Crippen molar-refractivity contribution in [1.82, 2.24) is 16.0 Å². The highest BCUT2D eigenvalue weighted by Gasteiger charge is 2.27. The van der Waals surface area contributed by atoms with Gasteiger partial charge in [-0.15, -0.1) is 0 Å². The molecular weight excluding hydrogens is 456 g/mol. The lowest BCUT2D eigenvalue weighted by Gasteiger charge is -2.32. The fraction of sp³-hybridized carbons (Fsp3) is 0.926. The standard InChI is InChI=1S/C27H56N6O3/c1-4-23-13-15-26(28,29)19-31-17-22(3)18-32-20-27(30,33-24(34)11-9-12-25(35)36)14-8-6-5-7-10-21(2)16-23/h21-23,31-32H,4-20,28-30H2,1-3H3,(H,33,34)(H,35,36)/t21?,22?,23-,27+/m0/s1. The van der Waals surface area contributed by atoms with Crippen molar-refractivity contribution in [3.8, 4) is 0 Å². The van der Waals surface area contributed by atoms with Gasteiger partial charge >= 0.3 is 5.97 Å². The molecule has 1 rings (SSSR count). The van der Waals surface area contributed by atoms with Crippen molar-refractivity contribution in [2.45, 2.75) is 116 Å². The van der Waals surface area contributed by atoms with Gasteiger partial charge in [-0.2, -0.15) is 0 Å². The lowest BCUT2D eigenvalue weighted by atomic mass is 9.85. The third-order valence-electron chi connectivity index (χ3n) is 7.46. The smallest absolute Gasteiger partial charge is 0.303 e. The van der Waals surface area contributed by atoms with E-state index in [-0.39, 0.29) is 18.7 Å². The summed E-state index contributed by atoms with van der Waals surface area (Å²) >= 11 is 0. The van der Waals surface area contributed by atoms with Gasteiger partial charge in [0.15, 0.2) is 0 Å². The molecule has 1 amide bonds. The van der Waals surface area contributed by atoms with Gasteiger partial charge in [0, 0.05) is 25.9 Å². The molecule has 9 heteroatoms. The van der Waals surface area contributed by atoms with Crippen LogP contribution in [0.1, 0.15) is 104 Å². The summed E-state index contributed by atoms with van der Waals surface area (Å²) in [7, 11) is 0. The van der Waals surface area contributed by atoms with E-state index in [1.165, 1.54) is 19.3 Å². The summed E-state index contributed by atoms with van der Waals surface area (Å²) in [5.74, 6) is 0.611. The summed E-state index contributed by atoms with van der Waals surface area (Å²) in [5, 5.41) is 18.7. The number of nitrogens with two attached hydrogens (primary N) is 3. The molecule has 9 nitrogen and oxygen atoms in total. The lowest BCUT2D eigenvalue weighted by Crippen LogP contribution is -2.62. The van der Waals surface area contributed by atoms with E-state index in [0.717, 1.165) is 51.6 Å². The number of hydrogen-bond donors (Lipinski definition) is 7. The first-order valence-corrected chi connectivity index (χ1v) is 14.3. The van der Waals surface area contributed by atoms with Crippen molar-refractivity contribution in [2.24, 2.45) is 35.0 Å². The first-order chi connectivity index (χ1) is 16.9. The van der Waals surface area contributed by atoms with E-state index in [2.05, 4.69) is 36.7 Å². The minimum atomic E-state index is -0.891. The highest BCUT2D eigenvalue weighted by molar-refractivity contribution is 5.77. The van der Waals surface area contributed by atoms with Crippen LogP contribution in [0.25, 0.3) is 0 Å². The minimum Gasteiger partial charge on any atom is -0.481 e. The van der Waals surface area contributed by atoms with Gasteiger partial charge in [-0.3, -0.25) is 9.59 Å². The van der Waals surface area contributed by atoms with E-state index < -0.39 is 17.3 Å². The fourth-order valence-corrected chi connectivity index (χ4v) is 5.12. The Hall–Kier alpha value is -1.26. The normalized spacial score (nSPS) is 30.2. The SMILES string of the molecule is CC[C@H]1CCC(N)(N)CNCC(C)CNC[C@](N)(NC(=O)CCCC(=O)O)CCCCCCC(C)C1. The fourth-order valence-electron chi connectivity index (χ4n) is 5.12. The van der Waals surface area contributed by atoms with Crippen LogP contribution in [0.3, 0.4) is 0 Å². The molecule has 0 aromatic rings. The Morgan fingerprint density at radius 1 is 0.917 bits per heavy atom. The summed E-state index contributed by atoms with van der Waals surface area (Å²) in [4.78, 5) is 23.2. The van der Waals surface area contributed by atoms with E-state index in [0.29, 0.717) is 43.7 Å². The van der Waals surface area contributed by atoms with Crippen LogP contribution in [0.2, 0.25) is 0 Å². The number of hydrogen-bond acceptors (Lipinski definition) is 7. The lowest BCUT2D eigenvalue weighted by molar-refractivity contribution is -0.137. The molecule has 1 fully saturated rings. The Labute approximate surface area is 219 Å². The zero-order chi connectivity index (χ0) is 27.0. The number of carboxylic acid groups (broad SMARTS) is 1. The average molecular weight is 513 g/mol. The van der Waals surface area contributed by atoms with E-state index in [9.17, 15) is 9.59 Å². The van der Waals surface area contributed by atoms with E-state index in [4.69, 9.17) is 22.3 Å². The number of carbonyl (C=O) groups excluding carboxylic acids is 1. The van der Waals surface area contributed by atoms with Crippen LogP contribution in [0.4, 0.5) is 0 Å². The van der Waals surface area contributed by atoms with E-state index in [1.54, 1.807) is 0 Å². The van der Waals surface area contributed by atoms with Gasteiger partial charge in [0.2, 0.25) is 5.91 Å². The molecule has 0 spiro atoms. The summed E-state index contributed by atoms with van der Waals surface area (Å²) < 4.78 is 0. The maximum atomic E-state index is 12.5. The third-order valence-corrected chi connectivity index (χ3v) is 7.46. The minimum absolute atomic E-state index is 0.0158. The highest BCUT2D eigenvalue weighted by Crippen LogP contribution is 2.26. The molecule has 36 heavy (non-hydrogen) atoms. The first kappa shape index (κ1) is 32.8. The topological polar surface area (TPSA) is 169 Å². The summed E-state index contributed by atoms with van der Waals surface area (Å²) in [6.07, 6.45) is 11.1. The molecule has 1 heterocycles. The van der Waals surface area contributed by atoms with Crippen LogP contribution >= 0.6 is 0 Å². The zero-order valence-electron chi connectivity index (χ0n) is 23.2. The summed E-state index contributed by atoms with van der Waals surface area (Å²) in [6, 6.07) is 0. The molecule has 0 radical (unpaired) electrons. The van der Waals surface area contributed by atoms with Crippen molar-refractivity contribution in [2.75, 3.05) is 26.2 Å². The van der Waals surface area contributed by atoms with Crippen LogP contribution in [-0.2, 0) is 9.59 Å². The molecule has 0 saturated carbocycles. The monoisotopic (exact) mass is 512 g/mol. The molecule has 10 N–H and O–H groups in total.